The molecule has 0 aliphatic heterocycles. The lowest BCUT2D eigenvalue weighted by Gasteiger charge is -2.04. The Balaban J connectivity index is 2.18. The van der Waals surface area contributed by atoms with Gasteiger partial charge in [0.2, 0.25) is 5.78 Å². The van der Waals surface area contributed by atoms with E-state index in [-0.39, 0.29) is 17.3 Å². The molecule has 6 nitrogen and oxygen atoms in total. The number of rotatable bonds is 4. The average molecular weight is 322 g/mol. The van der Waals surface area contributed by atoms with E-state index in [2.05, 4.69) is 0 Å². The first kappa shape index (κ1) is 15.6. The van der Waals surface area contributed by atoms with Gasteiger partial charge in [0.05, 0.1) is 16.1 Å². The van der Waals surface area contributed by atoms with Crippen molar-refractivity contribution in [3.63, 3.8) is 0 Å². The van der Waals surface area contributed by atoms with Crippen molar-refractivity contribution in [2.24, 2.45) is 0 Å². The lowest BCUT2D eigenvalue weighted by Crippen LogP contribution is -2.07. The molecule has 2 heterocycles. The van der Waals surface area contributed by atoms with Gasteiger partial charge in [0.1, 0.15) is 0 Å². The van der Waals surface area contributed by atoms with Crippen LogP contribution in [0.2, 0.25) is 0 Å². The van der Waals surface area contributed by atoms with Crippen molar-refractivity contribution in [2.45, 2.75) is 13.8 Å². The van der Waals surface area contributed by atoms with Gasteiger partial charge < -0.3 is 4.40 Å². The zero-order valence-corrected chi connectivity index (χ0v) is 13.1. The van der Waals surface area contributed by atoms with Crippen LogP contribution in [0.15, 0.2) is 48.7 Å². The predicted octanol–water partition coefficient (Wildman–Crippen LogP) is 3.59. The van der Waals surface area contributed by atoms with Crippen LogP contribution in [0, 0.1) is 17.0 Å². The van der Waals surface area contributed by atoms with Crippen molar-refractivity contribution < 1.29 is 14.5 Å². The minimum atomic E-state index is -0.514. The minimum Gasteiger partial charge on any atom is -0.313 e. The van der Waals surface area contributed by atoms with Crippen molar-refractivity contribution in [1.82, 2.24) is 4.40 Å². The number of nitro benzene ring substituents is 1. The van der Waals surface area contributed by atoms with Crippen LogP contribution in [0.3, 0.4) is 0 Å². The van der Waals surface area contributed by atoms with Gasteiger partial charge in [-0.25, -0.2) is 0 Å². The number of fused-ring (bicyclic) bond motifs is 1. The van der Waals surface area contributed by atoms with Gasteiger partial charge in [0.25, 0.3) is 5.69 Å². The molecule has 120 valence electrons. The third kappa shape index (κ3) is 2.38. The maximum absolute atomic E-state index is 12.9. The second-order valence-electron chi connectivity index (χ2n) is 5.49. The smallest absolute Gasteiger partial charge is 0.269 e. The summed E-state index contributed by atoms with van der Waals surface area (Å²) in [5.74, 6) is -0.393. The Bertz CT molecular complexity index is 984. The number of non-ortho nitro benzene ring substituents is 1. The van der Waals surface area contributed by atoms with Gasteiger partial charge in [0.15, 0.2) is 5.78 Å². The monoisotopic (exact) mass is 322 g/mol. The molecule has 2 aromatic heterocycles. The van der Waals surface area contributed by atoms with E-state index < -0.39 is 4.92 Å². The fourth-order valence-electron chi connectivity index (χ4n) is 2.93. The topological polar surface area (TPSA) is 81.7 Å². The second-order valence-corrected chi connectivity index (χ2v) is 5.49. The van der Waals surface area contributed by atoms with Gasteiger partial charge in [-0.1, -0.05) is 6.07 Å². The molecule has 0 saturated heterocycles. The summed E-state index contributed by atoms with van der Waals surface area (Å²) in [4.78, 5) is 35.1. The lowest BCUT2D eigenvalue weighted by atomic mass is 10.0. The zero-order valence-electron chi connectivity index (χ0n) is 13.1. The Hall–Kier alpha value is -3.28. The molecule has 0 unspecified atom stereocenters. The summed E-state index contributed by atoms with van der Waals surface area (Å²) in [7, 11) is 0. The minimum absolute atomic E-state index is 0.0762. The Kier molecular flexibility index (Phi) is 3.73. The van der Waals surface area contributed by atoms with E-state index >= 15 is 0 Å². The number of Topliss-reactive ketones (excluding diaryl/α,β-unsaturated/α-hetero) is 1. The summed E-state index contributed by atoms with van der Waals surface area (Å²) in [5, 5.41) is 10.7. The van der Waals surface area contributed by atoms with Crippen LogP contribution in [-0.4, -0.2) is 20.9 Å². The number of carbonyl (C=O) groups excluding carboxylic acids is 2. The molecule has 0 saturated carbocycles. The summed E-state index contributed by atoms with van der Waals surface area (Å²) in [6.07, 6.45) is 1.73. The quantitative estimate of drug-likeness (QED) is 0.417. The number of nitro groups is 1. The molecule has 0 spiro atoms. The zero-order chi connectivity index (χ0) is 17.4. The summed E-state index contributed by atoms with van der Waals surface area (Å²) in [6.45, 7) is 3.21. The Labute approximate surface area is 137 Å². The number of carbonyl (C=O) groups is 2. The molecule has 0 bridgehead atoms. The van der Waals surface area contributed by atoms with Gasteiger partial charge in [-0.15, -0.1) is 0 Å². The van der Waals surface area contributed by atoms with Crippen LogP contribution < -0.4 is 0 Å². The standard InChI is InChI=1S/C18H14N2O4/c1-11-16(12(2)21)15-5-3-4-10-19(15)17(11)18(22)13-6-8-14(9-7-13)20(23)24/h3-10H,1-2H3. The third-order valence-corrected chi connectivity index (χ3v) is 3.99. The highest BCUT2D eigenvalue weighted by Crippen LogP contribution is 2.26. The average Bonchev–Trinajstić information content (AvgIpc) is 2.86. The molecule has 0 amide bonds. The fourth-order valence-corrected chi connectivity index (χ4v) is 2.93. The molecule has 0 radical (unpaired) electrons. The molecule has 3 rings (SSSR count). The van der Waals surface area contributed by atoms with Crippen LogP contribution in [0.4, 0.5) is 5.69 Å². The van der Waals surface area contributed by atoms with Crippen molar-refractivity contribution in [3.05, 3.63) is 81.2 Å². The highest BCUT2D eigenvalue weighted by molar-refractivity contribution is 6.13. The highest BCUT2D eigenvalue weighted by Gasteiger charge is 2.23. The Morgan fingerprint density at radius 3 is 2.33 bits per heavy atom. The highest BCUT2D eigenvalue weighted by atomic mass is 16.6. The van der Waals surface area contributed by atoms with E-state index in [1.807, 2.05) is 0 Å². The van der Waals surface area contributed by atoms with E-state index in [0.29, 0.717) is 27.9 Å². The molecule has 0 atom stereocenters. The van der Waals surface area contributed by atoms with Crippen molar-refractivity contribution in [3.8, 4) is 0 Å². The first-order valence-corrected chi connectivity index (χ1v) is 7.31. The van der Waals surface area contributed by atoms with Gasteiger partial charge >= 0.3 is 0 Å². The van der Waals surface area contributed by atoms with Crippen molar-refractivity contribution in [2.75, 3.05) is 0 Å². The number of benzene rings is 1. The maximum atomic E-state index is 12.9. The summed E-state index contributed by atoms with van der Waals surface area (Å²) in [6, 6.07) is 10.8. The van der Waals surface area contributed by atoms with Crippen LogP contribution >= 0.6 is 0 Å². The molecule has 0 aliphatic rings. The molecule has 24 heavy (non-hydrogen) atoms. The Morgan fingerprint density at radius 1 is 1.08 bits per heavy atom. The number of ketones is 2. The molecule has 3 aromatic rings. The third-order valence-electron chi connectivity index (χ3n) is 3.99. The van der Waals surface area contributed by atoms with Crippen molar-refractivity contribution in [1.29, 1.82) is 0 Å². The predicted molar refractivity (Wildman–Crippen MR) is 88.7 cm³/mol. The number of hydrogen-bond acceptors (Lipinski definition) is 4. The van der Waals surface area contributed by atoms with E-state index in [1.165, 1.54) is 31.2 Å². The fraction of sp³-hybridized carbons (Fsp3) is 0.111. The first-order valence-electron chi connectivity index (χ1n) is 7.31. The SMILES string of the molecule is CC(=O)c1c(C)c(C(=O)c2ccc([N+](=O)[O-])cc2)n2ccccc12. The summed E-state index contributed by atoms with van der Waals surface area (Å²) in [5.41, 5.74) is 2.45. The second kappa shape index (κ2) is 5.73. The molecular weight excluding hydrogens is 308 g/mol. The van der Waals surface area contributed by atoms with E-state index in [9.17, 15) is 19.7 Å². The van der Waals surface area contributed by atoms with Gasteiger partial charge in [-0.3, -0.25) is 19.7 Å². The summed E-state index contributed by atoms with van der Waals surface area (Å²) < 4.78 is 1.69. The summed E-state index contributed by atoms with van der Waals surface area (Å²) >= 11 is 0. The molecule has 0 fully saturated rings. The van der Waals surface area contributed by atoms with Crippen LogP contribution in [-0.2, 0) is 0 Å². The lowest BCUT2D eigenvalue weighted by molar-refractivity contribution is -0.384. The van der Waals surface area contributed by atoms with Crippen LogP contribution in [0.25, 0.3) is 5.52 Å². The maximum Gasteiger partial charge on any atom is 0.269 e. The molecular formula is C18H14N2O4. The van der Waals surface area contributed by atoms with Gasteiger partial charge in [0, 0.05) is 29.5 Å². The van der Waals surface area contributed by atoms with Crippen molar-refractivity contribution >= 4 is 22.8 Å². The van der Waals surface area contributed by atoms with Crippen LogP contribution in [0.1, 0.15) is 38.9 Å². The largest absolute Gasteiger partial charge is 0.313 e. The van der Waals surface area contributed by atoms with E-state index in [0.717, 1.165) is 0 Å². The van der Waals surface area contributed by atoms with E-state index in [1.54, 1.807) is 35.7 Å². The van der Waals surface area contributed by atoms with Gasteiger partial charge in [-0.05, 0) is 43.7 Å². The number of aromatic nitrogens is 1. The molecule has 0 aliphatic carbocycles. The number of pyridine rings is 1. The van der Waals surface area contributed by atoms with E-state index in [4.69, 9.17) is 0 Å². The first-order chi connectivity index (χ1) is 11.4. The van der Waals surface area contributed by atoms with Crippen LogP contribution in [0.5, 0.6) is 0 Å². The molecule has 6 heteroatoms. The molecule has 0 N–H and O–H groups in total. The number of hydrogen-bond donors (Lipinski definition) is 0. The number of nitrogens with zero attached hydrogens (tertiary/aromatic N) is 2. The van der Waals surface area contributed by atoms with Gasteiger partial charge in [-0.2, -0.15) is 0 Å². The molecule has 1 aromatic carbocycles. The Morgan fingerprint density at radius 2 is 1.75 bits per heavy atom. The normalized spacial score (nSPS) is 10.8.